The van der Waals surface area contributed by atoms with Crippen molar-refractivity contribution in [3.05, 3.63) is 36.0 Å². The molecule has 84 valence electrons. The Morgan fingerprint density at radius 3 is 3.00 bits per heavy atom. The molecule has 2 aromatic rings. The van der Waals surface area contributed by atoms with Gasteiger partial charge in [0.1, 0.15) is 6.29 Å². The standard InChI is InChI=1S/C13H15NO2/c1-2-16-8-7-14-6-5-12-9-11(10-15)3-4-13(12)14/h3-6,9-10H,2,7-8H2,1H3. The molecule has 0 saturated carbocycles. The van der Waals surface area contributed by atoms with E-state index in [0.29, 0.717) is 0 Å². The molecule has 0 spiro atoms. The fourth-order valence-electron chi connectivity index (χ4n) is 1.79. The lowest BCUT2D eigenvalue weighted by molar-refractivity contribution is 0.112. The van der Waals surface area contributed by atoms with Gasteiger partial charge in [-0.15, -0.1) is 0 Å². The summed E-state index contributed by atoms with van der Waals surface area (Å²) in [5.41, 5.74) is 1.86. The highest BCUT2D eigenvalue weighted by molar-refractivity contribution is 5.87. The highest BCUT2D eigenvalue weighted by atomic mass is 16.5. The number of fused-ring (bicyclic) bond motifs is 1. The fourth-order valence-corrected chi connectivity index (χ4v) is 1.79. The van der Waals surface area contributed by atoms with E-state index in [1.165, 1.54) is 0 Å². The lowest BCUT2D eigenvalue weighted by Crippen LogP contribution is -2.04. The molecule has 3 heteroatoms. The zero-order chi connectivity index (χ0) is 11.4. The quantitative estimate of drug-likeness (QED) is 0.569. The topological polar surface area (TPSA) is 31.2 Å². The van der Waals surface area contributed by atoms with E-state index in [4.69, 9.17) is 4.74 Å². The van der Waals surface area contributed by atoms with Crippen LogP contribution in [-0.4, -0.2) is 24.1 Å². The molecule has 0 aliphatic carbocycles. The third kappa shape index (κ3) is 2.14. The number of benzene rings is 1. The van der Waals surface area contributed by atoms with Crippen LogP contribution < -0.4 is 0 Å². The molecular weight excluding hydrogens is 202 g/mol. The molecule has 1 aromatic heterocycles. The molecule has 2 rings (SSSR count). The summed E-state index contributed by atoms with van der Waals surface area (Å²) in [5, 5.41) is 1.10. The van der Waals surface area contributed by atoms with E-state index in [9.17, 15) is 4.79 Å². The third-order valence-corrected chi connectivity index (χ3v) is 2.61. The van der Waals surface area contributed by atoms with Crippen molar-refractivity contribution >= 4 is 17.2 Å². The molecule has 0 unspecified atom stereocenters. The first kappa shape index (κ1) is 10.9. The van der Waals surface area contributed by atoms with E-state index in [2.05, 4.69) is 4.57 Å². The maximum absolute atomic E-state index is 10.6. The maximum atomic E-state index is 10.6. The first-order chi connectivity index (χ1) is 7.85. The number of carbonyl (C=O) groups is 1. The van der Waals surface area contributed by atoms with Gasteiger partial charge in [0, 0.05) is 35.8 Å². The minimum Gasteiger partial charge on any atom is -0.380 e. The van der Waals surface area contributed by atoms with E-state index in [1.54, 1.807) is 0 Å². The van der Waals surface area contributed by atoms with Gasteiger partial charge in [-0.25, -0.2) is 0 Å². The summed E-state index contributed by atoms with van der Waals surface area (Å²) in [4.78, 5) is 10.6. The average Bonchev–Trinajstić information content (AvgIpc) is 2.72. The molecule has 0 amide bonds. The number of ether oxygens (including phenoxy) is 1. The molecule has 0 aliphatic rings. The Morgan fingerprint density at radius 1 is 1.38 bits per heavy atom. The summed E-state index contributed by atoms with van der Waals surface area (Å²) in [7, 11) is 0. The van der Waals surface area contributed by atoms with Gasteiger partial charge < -0.3 is 9.30 Å². The first-order valence-corrected chi connectivity index (χ1v) is 5.47. The van der Waals surface area contributed by atoms with Gasteiger partial charge in [0.25, 0.3) is 0 Å². The molecule has 16 heavy (non-hydrogen) atoms. The molecule has 0 atom stereocenters. The predicted molar refractivity (Wildman–Crippen MR) is 63.8 cm³/mol. The van der Waals surface area contributed by atoms with Gasteiger partial charge >= 0.3 is 0 Å². The maximum Gasteiger partial charge on any atom is 0.150 e. The Morgan fingerprint density at radius 2 is 2.25 bits per heavy atom. The Balaban J connectivity index is 2.23. The van der Waals surface area contributed by atoms with Crippen LogP contribution in [0.25, 0.3) is 10.9 Å². The van der Waals surface area contributed by atoms with Crippen LogP contribution in [0.5, 0.6) is 0 Å². The number of hydrogen-bond acceptors (Lipinski definition) is 2. The van der Waals surface area contributed by atoms with Crippen molar-refractivity contribution in [2.24, 2.45) is 0 Å². The van der Waals surface area contributed by atoms with Gasteiger partial charge in [0.15, 0.2) is 0 Å². The second-order valence-electron chi connectivity index (χ2n) is 3.64. The van der Waals surface area contributed by atoms with Crippen LogP contribution in [0.15, 0.2) is 30.5 Å². The van der Waals surface area contributed by atoms with Gasteiger partial charge in [0.2, 0.25) is 0 Å². The Bertz CT molecular complexity index is 488. The Kier molecular flexibility index (Phi) is 3.37. The van der Waals surface area contributed by atoms with Gasteiger partial charge in [-0.05, 0) is 31.2 Å². The molecule has 3 nitrogen and oxygen atoms in total. The first-order valence-electron chi connectivity index (χ1n) is 5.47. The SMILES string of the molecule is CCOCCn1ccc2cc(C=O)ccc21. The van der Waals surface area contributed by atoms with E-state index in [0.717, 1.165) is 42.5 Å². The number of aldehydes is 1. The highest BCUT2D eigenvalue weighted by Gasteiger charge is 2.01. The Hall–Kier alpha value is -1.61. The molecule has 0 bridgehead atoms. The van der Waals surface area contributed by atoms with Crippen molar-refractivity contribution in [1.82, 2.24) is 4.57 Å². The van der Waals surface area contributed by atoms with Crippen LogP contribution in [0.4, 0.5) is 0 Å². The van der Waals surface area contributed by atoms with E-state index >= 15 is 0 Å². The van der Waals surface area contributed by atoms with Crippen LogP contribution in [0.1, 0.15) is 17.3 Å². The summed E-state index contributed by atoms with van der Waals surface area (Å²) in [5.74, 6) is 0. The van der Waals surface area contributed by atoms with Crippen molar-refractivity contribution in [3.63, 3.8) is 0 Å². The van der Waals surface area contributed by atoms with E-state index in [-0.39, 0.29) is 0 Å². The minimum atomic E-state index is 0.718. The molecule has 1 aromatic carbocycles. The van der Waals surface area contributed by atoms with Gasteiger partial charge in [-0.3, -0.25) is 4.79 Å². The van der Waals surface area contributed by atoms with Gasteiger partial charge in [-0.1, -0.05) is 0 Å². The van der Waals surface area contributed by atoms with Crippen molar-refractivity contribution in [3.8, 4) is 0 Å². The zero-order valence-corrected chi connectivity index (χ0v) is 9.35. The van der Waals surface area contributed by atoms with Gasteiger partial charge in [0.05, 0.1) is 6.61 Å². The summed E-state index contributed by atoms with van der Waals surface area (Å²) >= 11 is 0. The number of hydrogen-bond donors (Lipinski definition) is 0. The molecule has 0 radical (unpaired) electrons. The highest BCUT2D eigenvalue weighted by Crippen LogP contribution is 2.16. The number of rotatable bonds is 5. The molecule has 0 fully saturated rings. The van der Waals surface area contributed by atoms with Crippen molar-refractivity contribution in [2.75, 3.05) is 13.2 Å². The van der Waals surface area contributed by atoms with Crippen molar-refractivity contribution in [2.45, 2.75) is 13.5 Å². The Labute approximate surface area is 94.6 Å². The number of nitrogens with zero attached hydrogens (tertiary/aromatic N) is 1. The monoisotopic (exact) mass is 217 g/mol. The van der Waals surface area contributed by atoms with E-state index in [1.807, 2.05) is 37.4 Å². The second-order valence-corrected chi connectivity index (χ2v) is 3.64. The average molecular weight is 217 g/mol. The van der Waals surface area contributed by atoms with Crippen LogP contribution in [0, 0.1) is 0 Å². The normalized spacial score (nSPS) is 10.8. The molecule has 0 N–H and O–H groups in total. The number of carbonyl (C=O) groups excluding carboxylic acids is 1. The largest absolute Gasteiger partial charge is 0.380 e. The summed E-state index contributed by atoms with van der Waals surface area (Å²) in [6.45, 7) is 4.30. The fraction of sp³-hybridized carbons (Fsp3) is 0.308. The zero-order valence-electron chi connectivity index (χ0n) is 9.35. The van der Waals surface area contributed by atoms with Crippen molar-refractivity contribution in [1.29, 1.82) is 0 Å². The molecule has 1 heterocycles. The van der Waals surface area contributed by atoms with Crippen molar-refractivity contribution < 1.29 is 9.53 Å². The summed E-state index contributed by atoms with van der Waals surface area (Å²) in [6.07, 6.45) is 2.90. The second kappa shape index (κ2) is 4.94. The number of aromatic nitrogens is 1. The van der Waals surface area contributed by atoms with Crippen LogP contribution in [0.2, 0.25) is 0 Å². The van der Waals surface area contributed by atoms with Crippen LogP contribution in [-0.2, 0) is 11.3 Å². The summed E-state index contributed by atoms with van der Waals surface area (Å²) < 4.78 is 7.46. The molecular formula is C13H15NO2. The third-order valence-electron chi connectivity index (χ3n) is 2.61. The predicted octanol–water partition coefficient (Wildman–Crippen LogP) is 2.49. The lowest BCUT2D eigenvalue weighted by atomic mass is 10.2. The minimum absolute atomic E-state index is 0.718. The molecule has 0 saturated heterocycles. The van der Waals surface area contributed by atoms with Crippen LogP contribution in [0.3, 0.4) is 0 Å². The lowest BCUT2D eigenvalue weighted by Gasteiger charge is -2.05. The smallest absolute Gasteiger partial charge is 0.150 e. The van der Waals surface area contributed by atoms with E-state index < -0.39 is 0 Å². The summed E-state index contributed by atoms with van der Waals surface area (Å²) in [6, 6.07) is 7.74. The van der Waals surface area contributed by atoms with Gasteiger partial charge in [-0.2, -0.15) is 0 Å². The molecule has 0 aliphatic heterocycles. The van der Waals surface area contributed by atoms with Crippen LogP contribution >= 0.6 is 0 Å².